The van der Waals surface area contributed by atoms with E-state index in [2.05, 4.69) is 42.4 Å². The number of nitrogens with zero attached hydrogens (tertiary/aromatic N) is 1. The number of furan rings is 1. The molecule has 0 spiro atoms. The Bertz CT molecular complexity index is 520. The van der Waals surface area contributed by atoms with Crippen molar-refractivity contribution in [3.63, 3.8) is 0 Å². The van der Waals surface area contributed by atoms with Crippen LogP contribution in [0.25, 0.3) is 11.0 Å². The second-order valence-corrected chi connectivity index (χ2v) is 5.84. The number of rotatable bonds is 3. The predicted octanol–water partition coefficient (Wildman–Crippen LogP) is 3.01. The normalized spacial score (nSPS) is 19.9. The smallest absolute Gasteiger partial charge is 0.134 e. The summed E-state index contributed by atoms with van der Waals surface area (Å²) in [6, 6.07) is 10.4. The van der Waals surface area contributed by atoms with Crippen LogP contribution in [-0.2, 0) is 6.54 Å². The quantitative estimate of drug-likeness (QED) is 0.917. The van der Waals surface area contributed by atoms with Gasteiger partial charge in [0.05, 0.1) is 6.54 Å². The van der Waals surface area contributed by atoms with E-state index in [1.165, 1.54) is 18.2 Å². The van der Waals surface area contributed by atoms with Gasteiger partial charge in [-0.2, -0.15) is 0 Å². The van der Waals surface area contributed by atoms with Crippen molar-refractivity contribution in [3.8, 4) is 0 Å². The van der Waals surface area contributed by atoms with Crippen LogP contribution in [0.1, 0.15) is 25.5 Å². The summed E-state index contributed by atoms with van der Waals surface area (Å²) in [7, 11) is 2.06. The largest absolute Gasteiger partial charge is 0.460 e. The second kappa shape index (κ2) is 4.99. The van der Waals surface area contributed by atoms with Gasteiger partial charge in [-0.3, -0.25) is 4.90 Å². The summed E-state index contributed by atoms with van der Waals surface area (Å²) in [5.41, 5.74) is 1.30. The fraction of sp³-hybridized carbons (Fsp3) is 0.500. The highest BCUT2D eigenvalue weighted by atomic mass is 16.3. The average Bonchev–Trinajstić information content (AvgIpc) is 2.84. The Balaban J connectivity index is 1.66. The molecule has 0 aliphatic carbocycles. The van der Waals surface area contributed by atoms with E-state index in [1.807, 2.05) is 12.1 Å². The van der Waals surface area contributed by atoms with E-state index in [0.29, 0.717) is 5.54 Å². The van der Waals surface area contributed by atoms with E-state index in [4.69, 9.17) is 4.42 Å². The highest BCUT2D eigenvalue weighted by molar-refractivity contribution is 5.77. The van der Waals surface area contributed by atoms with E-state index in [-0.39, 0.29) is 0 Å². The number of para-hydroxylation sites is 1. The summed E-state index contributed by atoms with van der Waals surface area (Å²) >= 11 is 0. The van der Waals surface area contributed by atoms with Crippen molar-refractivity contribution in [2.24, 2.45) is 0 Å². The summed E-state index contributed by atoms with van der Waals surface area (Å²) in [5.74, 6) is 1.08. The van der Waals surface area contributed by atoms with Crippen molar-refractivity contribution < 1.29 is 4.42 Å². The minimum absolute atomic E-state index is 0.310. The first-order valence-corrected chi connectivity index (χ1v) is 7.07. The van der Waals surface area contributed by atoms with E-state index >= 15 is 0 Å². The molecule has 3 heteroatoms. The Morgan fingerprint density at radius 2 is 2.00 bits per heavy atom. The highest BCUT2D eigenvalue weighted by Gasteiger charge is 2.28. The molecule has 102 valence electrons. The summed E-state index contributed by atoms with van der Waals surface area (Å²) < 4.78 is 5.89. The Hall–Kier alpha value is -1.32. The van der Waals surface area contributed by atoms with Gasteiger partial charge in [0.2, 0.25) is 0 Å². The number of piperidine rings is 1. The highest BCUT2D eigenvalue weighted by Crippen LogP contribution is 2.24. The summed E-state index contributed by atoms with van der Waals surface area (Å²) in [4.78, 5) is 2.48. The molecule has 3 rings (SSSR count). The van der Waals surface area contributed by atoms with Crippen LogP contribution in [0, 0.1) is 0 Å². The SMILES string of the molecule is CNC1(C)CCN(Cc2cc3ccccc3o2)CC1. The Labute approximate surface area is 114 Å². The van der Waals surface area contributed by atoms with E-state index in [1.54, 1.807) is 0 Å². The van der Waals surface area contributed by atoms with Crippen LogP contribution in [0.3, 0.4) is 0 Å². The third kappa shape index (κ3) is 2.67. The molecule has 1 N–H and O–H groups in total. The zero-order valence-electron chi connectivity index (χ0n) is 11.8. The number of hydrogen-bond donors (Lipinski definition) is 1. The lowest BCUT2D eigenvalue weighted by molar-refractivity contribution is 0.139. The van der Waals surface area contributed by atoms with Gasteiger partial charge >= 0.3 is 0 Å². The minimum atomic E-state index is 0.310. The van der Waals surface area contributed by atoms with Crippen molar-refractivity contribution in [2.45, 2.75) is 31.8 Å². The summed E-state index contributed by atoms with van der Waals surface area (Å²) in [5, 5.41) is 4.64. The molecule has 1 aromatic carbocycles. The van der Waals surface area contributed by atoms with Gasteiger partial charge < -0.3 is 9.73 Å². The lowest BCUT2D eigenvalue weighted by atomic mass is 9.90. The first-order chi connectivity index (χ1) is 9.18. The summed E-state index contributed by atoms with van der Waals surface area (Å²) in [6.07, 6.45) is 2.40. The van der Waals surface area contributed by atoms with Crippen LogP contribution in [0.4, 0.5) is 0 Å². The molecule has 0 radical (unpaired) electrons. The Kier molecular flexibility index (Phi) is 3.33. The molecule has 2 heterocycles. The number of likely N-dealkylation sites (tertiary alicyclic amines) is 1. The molecule has 1 aliphatic rings. The van der Waals surface area contributed by atoms with Gasteiger partial charge in [0.15, 0.2) is 0 Å². The molecule has 0 bridgehead atoms. The second-order valence-electron chi connectivity index (χ2n) is 5.84. The molecule has 0 unspecified atom stereocenters. The van der Waals surface area contributed by atoms with Crippen LogP contribution in [0.5, 0.6) is 0 Å². The van der Waals surface area contributed by atoms with Gasteiger partial charge in [-0.15, -0.1) is 0 Å². The monoisotopic (exact) mass is 258 g/mol. The maximum Gasteiger partial charge on any atom is 0.134 e. The number of hydrogen-bond acceptors (Lipinski definition) is 3. The molecular weight excluding hydrogens is 236 g/mol. The van der Waals surface area contributed by atoms with Gasteiger partial charge in [0.1, 0.15) is 11.3 Å². The predicted molar refractivity (Wildman–Crippen MR) is 78.2 cm³/mol. The maximum absolute atomic E-state index is 5.89. The molecule has 0 saturated carbocycles. The number of fused-ring (bicyclic) bond motifs is 1. The fourth-order valence-electron chi connectivity index (χ4n) is 2.79. The van der Waals surface area contributed by atoms with Crippen LogP contribution in [0.15, 0.2) is 34.7 Å². The Morgan fingerprint density at radius 1 is 1.26 bits per heavy atom. The van der Waals surface area contributed by atoms with Crippen molar-refractivity contribution >= 4 is 11.0 Å². The van der Waals surface area contributed by atoms with E-state index < -0.39 is 0 Å². The van der Waals surface area contributed by atoms with Crippen LogP contribution in [0.2, 0.25) is 0 Å². The lowest BCUT2D eigenvalue weighted by Crippen LogP contribution is -2.49. The molecule has 3 nitrogen and oxygen atoms in total. The molecule has 1 aromatic heterocycles. The summed E-state index contributed by atoms with van der Waals surface area (Å²) in [6.45, 7) is 5.50. The van der Waals surface area contributed by atoms with Crippen molar-refractivity contribution in [2.75, 3.05) is 20.1 Å². The zero-order chi connectivity index (χ0) is 13.3. The molecule has 1 saturated heterocycles. The number of benzene rings is 1. The van der Waals surface area contributed by atoms with Crippen LogP contribution < -0.4 is 5.32 Å². The molecule has 0 amide bonds. The first kappa shape index (κ1) is 12.7. The first-order valence-electron chi connectivity index (χ1n) is 7.07. The zero-order valence-corrected chi connectivity index (χ0v) is 11.8. The van der Waals surface area contributed by atoms with E-state index in [0.717, 1.165) is 31.0 Å². The van der Waals surface area contributed by atoms with Gasteiger partial charge in [0.25, 0.3) is 0 Å². The number of nitrogens with one attached hydrogen (secondary N) is 1. The van der Waals surface area contributed by atoms with E-state index in [9.17, 15) is 0 Å². The standard InChI is InChI=1S/C16H22N2O/c1-16(17-2)7-9-18(10-8-16)12-14-11-13-5-3-4-6-15(13)19-14/h3-6,11,17H,7-10,12H2,1-2H3. The van der Waals surface area contributed by atoms with Gasteiger partial charge in [-0.25, -0.2) is 0 Å². The molecule has 1 fully saturated rings. The van der Waals surface area contributed by atoms with Gasteiger partial charge in [-0.05, 0) is 38.9 Å². The van der Waals surface area contributed by atoms with Crippen molar-refractivity contribution in [3.05, 3.63) is 36.1 Å². The molecular formula is C16H22N2O. The van der Waals surface area contributed by atoms with Crippen molar-refractivity contribution in [1.29, 1.82) is 0 Å². The minimum Gasteiger partial charge on any atom is -0.460 e. The van der Waals surface area contributed by atoms with Crippen LogP contribution >= 0.6 is 0 Å². The fourth-order valence-corrected chi connectivity index (χ4v) is 2.79. The van der Waals surface area contributed by atoms with Gasteiger partial charge in [-0.1, -0.05) is 18.2 Å². The Morgan fingerprint density at radius 3 is 2.68 bits per heavy atom. The lowest BCUT2D eigenvalue weighted by Gasteiger charge is -2.39. The van der Waals surface area contributed by atoms with Crippen molar-refractivity contribution in [1.82, 2.24) is 10.2 Å². The third-order valence-corrected chi connectivity index (χ3v) is 4.42. The molecule has 2 aromatic rings. The average molecular weight is 258 g/mol. The molecule has 0 atom stereocenters. The third-order valence-electron chi connectivity index (χ3n) is 4.42. The van der Waals surface area contributed by atoms with Gasteiger partial charge in [0, 0.05) is 24.0 Å². The maximum atomic E-state index is 5.89. The van der Waals surface area contributed by atoms with Crippen LogP contribution in [-0.4, -0.2) is 30.6 Å². The molecule has 1 aliphatic heterocycles. The molecule has 19 heavy (non-hydrogen) atoms. The topological polar surface area (TPSA) is 28.4 Å².